The van der Waals surface area contributed by atoms with Gasteiger partial charge in [-0.1, -0.05) is 12.1 Å². The minimum Gasteiger partial charge on any atom is -0.478 e. The van der Waals surface area contributed by atoms with Crippen molar-refractivity contribution in [3.63, 3.8) is 0 Å². The highest BCUT2D eigenvalue weighted by atomic mass is 19.2. The van der Waals surface area contributed by atoms with E-state index in [9.17, 15) is 4.79 Å². The third-order valence-corrected chi connectivity index (χ3v) is 5.17. The van der Waals surface area contributed by atoms with Gasteiger partial charge in [-0.05, 0) is 55.8 Å². The molecular weight excluding hydrogens is 337 g/mol. The van der Waals surface area contributed by atoms with Gasteiger partial charge in [-0.15, -0.1) is 0 Å². The van der Waals surface area contributed by atoms with E-state index in [0.29, 0.717) is 28.2 Å². The van der Waals surface area contributed by atoms with Gasteiger partial charge in [-0.2, -0.15) is 0 Å². The summed E-state index contributed by atoms with van der Waals surface area (Å²) in [6, 6.07) is 8.05. The predicted octanol–water partition coefficient (Wildman–Crippen LogP) is 3.95. The molecule has 0 atom stereocenters. The molecule has 2 aliphatic rings. The van der Waals surface area contributed by atoms with Crippen molar-refractivity contribution in [2.24, 2.45) is 0 Å². The molecule has 3 heterocycles. The maximum atomic E-state index is 15.2. The first-order valence-corrected chi connectivity index (χ1v) is 8.32. The molecule has 2 aliphatic heterocycles. The van der Waals surface area contributed by atoms with Gasteiger partial charge >= 0.3 is 12.9 Å². The Hall–Kier alpha value is -2.96. The zero-order valence-electron chi connectivity index (χ0n) is 14.6. The number of rotatable bonds is 2. The third-order valence-electron chi connectivity index (χ3n) is 5.17. The first-order valence-electron chi connectivity index (χ1n) is 8.32. The fourth-order valence-electron chi connectivity index (χ4n) is 3.85. The van der Waals surface area contributed by atoms with E-state index in [0.717, 1.165) is 20.1 Å². The average Bonchev–Trinajstić information content (AvgIpc) is 3.06. The maximum Gasteiger partial charge on any atom is 0.737 e. The molecule has 0 bridgehead atoms. The zero-order valence-corrected chi connectivity index (χ0v) is 14.6. The number of hydrogen-bond donors (Lipinski definition) is 1. The number of allylic oxidation sites excluding steroid dienone is 2. The van der Waals surface area contributed by atoms with E-state index in [4.69, 9.17) is 5.11 Å². The highest BCUT2D eigenvalue weighted by molar-refractivity contribution is 6.58. The summed E-state index contributed by atoms with van der Waals surface area (Å²) in [7, 11) is 0. The molecule has 0 spiro atoms. The van der Waals surface area contributed by atoms with Crippen LogP contribution in [0.2, 0.25) is 0 Å². The van der Waals surface area contributed by atoms with Gasteiger partial charge in [0.2, 0.25) is 0 Å². The lowest BCUT2D eigenvalue weighted by molar-refractivity contribution is -0.357. The molecule has 2 aromatic rings. The fourth-order valence-corrected chi connectivity index (χ4v) is 3.85. The monoisotopic (exact) mass is 354 g/mol. The Morgan fingerprint density at radius 1 is 1.15 bits per heavy atom. The largest absolute Gasteiger partial charge is 0.737 e. The second kappa shape index (κ2) is 5.27. The van der Waals surface area contributed by atoms with Gasteiger partial charge in [0.25, 0.3) is 0 Å². The van der Waals surface area contributed by atoms with Crippen LogP contribution in [0.3, 0.4) is 0 Å². The van der Waals surface area contributed by atoms with E-state index in [2.05, 4.69) is 0 Å². The van der Waals surface area contributed by atoms with E-state index >= 15 is 8.63 Å². The summed E-state index contributed by atoms with van der Waals surface area (Å²) in [4.78, 5) is 11.0. The number of benzene rings is 1. The number of nitrogens with zero attached hydrogens (tertiary/aromatic N) is 2. The lowest BCUT2D eigenvalue weighted by Gasteiger charge is -2.29. The molecule has 1 aromatic heterocycles. The Morgan fingerprint density at radius 3 is 2.42 bits per heavy atom. The lowest BCUT2D eigenvalue weighted by Crippen LogP contribution is -2.49. The number of halogens is 2. The van der Waals surface area contributed by atoms with Crippen LogP contribution in [-0.2, 0) is 0 Å². The molecule has 0 saturated heterocycles. The molecular formula is C19H17BF2N2O2. The molecule has 0 unspecified atom stereocenters. The molecule has 1 N–H and O–H groups in total. The van der Waals surface area contributed by atoms with Crippen molar-refractivity contribution in [3.05, 3.63) is 69.7 Å². The van der Waals surface area contributed by atoms with E-state index < -0.39 is 12.9 Å². The van der Waals surface area contributed by atoms with Gasteiger partial charge in [-0.3, -0.25) is 0 Å². The topological polar surface area (TPSA) is 45.2 Å². The number of hydrogen-bond acceptors (Lipinski definition) is 1. The average molecular weight is 354 g/mol. The molecule has 132 valence electrons. The van der Waals surface area contributed by atoms with Gasteiger partial charge in [0, 0.05) is 22.9 Å². The Labute approximate surface area is 149 Å². The van der Waals surface area contributed by atoms with Gasteiger partial charge in [-0.25, -0.2) is 4.79 Å². The van der Waals surface area contributed by atoms with E-state index in [1.54, 1.807) is 31.2 Å². The summed E-state index contributed by atoms with van der Waals surface area (Å²) < 4.78 is 32.6. The summed E-state index contributed by atoms with van der Waals surface area (Å²) in [5.74, 6) is -1.02. The fraction of sp³-hybridized carbons (Fsp3) is 0.158. The molecule has 4 rings (SSSR count). The summed E-state index contributed by atoms with van der Waals surface area (Å²) in [6.45, 7) is 1.36. The van der Waals surface area contributed by atoms with Gasteiger partial charge in [0.05, 0.1) is 5.56 Å². The SMILES string of the molecule is CC1=C(c2ccc(C(=O)O)cc2)C=[N+]2C1=Cc1c(C)cc(C)n1[B-]2(F)F. The molecule has 0 fully saturated rings. The van der Waals surface area contributed by atoms with Crippen LogP contribution in [0, 0.1) is 13.8 Å². The zero-order chi connectivity index (χ0) is 18.8. The highest BCUT2D eigenvalue weighted by Crippen LogP contribution is 2.39. The smallest absolute Gasteiger partial charge is 0.478 e. The summed E-state index contributed by atoms with van der Waals surface area (Å²) in [5, 5.41) is 9.02. The molecule has 4 nitrogen and oxygen atoms in total. The Bertz CT molecular complexity index is 1060. The van der Waals surface area contributed by atoms with E-state index in [1.165, 1.54) is 18.3 Å². The van der Waals surface area contributed by atoms with Crippen LogP contribution in [0.15, 0.2) is 41.6 Å². The molecule has 26 heavy (non-hydrogen) atoms. The normalized spacial score (nSPS) is 17.6. The standard InChI is InChI=1S/C19H17BF2N2O2/c1-11-8-12(2)24-17(11)9-18-13(3)16(10-23(18)20(24,21)22)14-4-6-15(7-5-14)19(25)26/h4-10H,1-3H3,(H,25,26). The van der Waals surface area contributed by atoms with Crippen molar-refractivity contribution >= 4 is 30.8 Å². The van der Waals surface area contributed by atoms with Gasteiger partial charge in [0.15, 0.2) is 5.70 Å². The first kappa shape index (κ1) is 16.5. The van der Waals surface area contributed by atoms with Gasteiger partial charge in [0.1, 0.15) is 6.21 Å². The first-order chi connectivity index (χ1) is 12.2. The van der Waals surface area contributed by atoms with Crippen LogP contribution in [0.4, 0.5) is 8.63 Å². The molecule has 0 amide bonds. The summed E-state index contributed by atoms with van der Waals surface area (Å²) in [5.41, 5.74) is 4.68. The van der Waals surface area contributed by atoms with Crippen LogP contribution in [0.5, 0.6) is 0 Å². The molecule has 0 aliphatic carbocycles. The number of aryl methyl sites for hydroxylation is 2. The Morgan fingerprint density at radius 2 is 1.81 bits per heavy atom. The predicted molar refractivity (Wildman–Crippen MR) is 97.6 cm³/mol. The third kappa shape index (κ3) is 2.13. The molecule has 1 aromatic carbocycles. The van der Waals surface area contributed by atoms with Crippen LogP contribution in [0.25, 0.3) is 11.6 Å². The number of aromatic nitrogens is 1. The van der Waals surface area contributed by atoms with Crippen molar-refractivity contribution in [2.45, 2.75) is 20.8 Å². The lowest BCUT2D eigenvalue weighted by atomic mass is 9.90. The van der Waals surface area contributed by atoms with E-state index in [1.807, 2.05) is 13.8 Å². The minimum atomic E-state index is -3.98. The maximum absolute atomic E-state index is 15.2. The van der Waals surface area contributed by atoms with Crippen molar-refractivity contribution in [1.29, 1.82) is 0 Å². The number of aromatic carboxylic acids is 1. The molecule has 0 saturated carbocycles. The number of fused-ring (bicyclic) bond motifs is 2. The van der Waals surface area contributed by atoms with Crippen molar-refractivity contribution in [3.8, 4) is 0 Å². The van der Waals surface area contributed by atoms with Gasteiger partial charge < -0.3 is 22.7 Å². The van der Waals surface area contributed by atoms with Crippen LogP contribution in [0.1, 0.15) is 39.8 Å². The molecule has 7 heteroatoms. The quantitative estimate of drug-likeness (QED) is 0.830. The number of carbonyl (C=O) groups is 1. The Balaban J connectivity index is 1.87. The van der Waals surface area contributed by atoms with E-state index in [-0.39, 0.29) is 5.56 Å². The second-order valence-electron chi connectivity index (χ2n) is 6.80. The number of carboxylic acid groups (broad SMARTS) is 1. The van der Waals surface area contributed by atoms with Crippen molar-refractivity contribution in [1.82, 2.24) is 4.48 Å². The van der Waals surface area contributed by atoms with Crippen LogP contribution < -0.4 is 0 Å². The minimum absolute atomic E-state index is 0.165. The highest BCUT2D eigenvalue weighted by Gasteiger charge is 2.52. The van der Waals surface area contributed by atoms with Crippen molar-refractivity contribution < 1.29 is 23.0 Å². The van der Waals surface area contributed by atoms with Crippen LogP contribution >= 0.6 is 0 Å². The summed E-state index contributed by atoms with van der Waals surface area (Å²) in [6.07, 6.45) is 3.26. The second-order valence-corrected chi connectivity index (χ2v) is 6.80. The molecule has 0 radical (unpaired) electrons. The number of carboxylic acids is 1. The van der Waals surface area contributed by atoms with Crippen molar-refractivity contribution in [2.75, 3.05) is 0 Å². The van der Waals surface area contributed by atoms with Crippen LogP contribution in [-0.4, -0.2) is 33.2 Å². The summed E-state index contributed by atoms with van der Waals surface area (Å²) >= 11 is 0. The Kier molecular flexibility index (Phi) is 3.35.